The summed E-state index contributed by atoms with van der Waals surface area (Å²) < 4.78 is 1.25. The first kappa shape index (κ1) is 16.8. The van der Waals surface area contributed by atoms with Gasteiger partial charge in [-0.2, -0.15) is 5.10 Å². The molecule has 2 aromatic heterocycles. The summed E-state index contributed by atoms with van der Waals surface area (Å²) in [4.78, 5) is 30.8. The molecule has 25 heavy (non-hydrogen) atoms. The van der Waals surface area contributed by atoms with Crippen LogP contribution in [0.4, 0.5) is 0 Å². The van der Waals surface area contributed by atoms with Crippen molar-refractivity contribution in [2.24, 2.45) is 0 Å². The van der Waals surface area contributed by atoms with Gasteiger partial charge in [-0.1, -0.05) is 18.2 Å². The van der Waals surface area contributed by atoms with E-state index in [4.69, 9.17) is 0 Å². The van der Waals surface area contributed by atoms with Crippen molar-refractivity contribution in [1.29, 1.82) is 0 Å². The molecule has 2 heterocycles. The molecule has 0 aliphatic heterocycles. The molecule has 0 N–H and O–H groups in total. The van der Waals surface area contributed by atoms with Gasteiger partial charge in [-0.3, -0.25) is 14.6 Å². The maximum absolute atomic E-state index is 12.6. The second-order valence-electron chi connectivity index (χ2n) is 6.05. The number of pyridine rings is 1. The minimum Gasteiger partial charge on any atom is -0.337 e. The van der Waals surface area contributed by atoms with Crippen LogP contribution in [0.25, 0.3) is 10.8 Å². The van der Waals surface area contributed by atoms with Crippen LogP contribution in [0.15, 0.2) is 53.6 Å². The first-order chi connectivity index (χ1) is 12.0. The summed E-state index contributed by atoms with van der Waals surface area (Å²) in [7, 11) is 1.73. The molecular formula is C19H20N4O2. The minimum atomic E-state index is -0.250. The molecule has 0 bridgehead atoms. The van der Waals surface area contributed by atoms with E-state index in [0.29, 0.717) is 5.39 Å². The second kappa shape index (κ2) is 6.84. The third-order valence-corrected chi connectivity index (χ3v) is 4.50. The molecule has 3 aromatic rings. The average Bonchev–Trinajstić information content (AvgIpc) is 2.65. The highest BCUT2D eigenvalue weighted by Crippen LogP contribution is 2.18. The second-order valence-corrected chi connectivity index (χ2v) is 6.05. The van der Waals surface area contributed by atoms with E-state index < -0.39 is 0 Å². The number of benzene rings is 1. The topological polar surface area (TPSA) is 68.1 Å². The van der Waals surface area contributed by atoms with E-state index in [2.05, 4.69) is 10.1 Å². The molecule has 0 saturated carbocycles. The molecule has 128 valence electrons. The van der Waals surface area contributed by atoms with Gasteiger partial charge in [-0.25, -0.2) is 4.68 Å². The Morgan fingerprint density at radius 2 is 1.80 bits per heavy atom. The monoisotopic (exact) mass is 336 g/mol. The van der Waals surface area contributed by atoms with Crippen LogP contribution < -0.4 is 5.56 Å². The molecule has 0 spiro atoms. The number of hydrogen-bond acceptors (Lipinski definition) is 4. The number of aryl methyl sites for hydroxylation is 1. The van der Waals surface area contributed by atoms with Crippen molar-refractivity contribution in [2.75, 3.05) is 7.05 Å². The zero-order valence-electron chi connectivity index (χ0n) is 14.5. The molecular weight excluding hydrogens is 316 g/mol. The molecule has 0 fully saturated rings. The summed E-state index contributed by atoms with van der Waals surface area (Å²) in [5.41, 5.74) is 1.47. The maximum Gasteiger partial charge on any atom is 0.275 e. The molecule has 0 aliphatic carbocycles. The van der Waals surface area contributed by atoms with Gasteiger partial charge >= 0.3 is 0 Å². The summed E-state index contributed by atoms with van der Waals surface area (Å²) in [6, 6.07) is 10.9. The van der Waals surface area contributed by atoms with Crippen molar-refractivity contribution in [3.8, 4) is 0 Å². The Morgan fingerprint density at radius 3 is 2.48 bits per heavy atom. The van der Waals surface area contributed by atoms with Crippen LogP contribution >= 0.6 is 0 Å². The number of rotatable bonds is 4. The van der Waals surface area contributed by atoms with Crippen LogP contribution in [0.2, 0.25) is 0 Å². The zero-order valence-corrected chi connectivity index (χ0v) is 14.5. The van der Waals surface area contributed by atoms with Crippen LogP contribution in [0.1, 0.15) is 24.2 Å². The number of aromatic nitrogens is 3. The van der Waals surface area contributed by atoms with E-state index in [-0.39, 0.29) is 24.1 Å². The Balaban J connectivity index is 1.87. The van der Waals surface area contributed by atoms with Crippen molar-refractivity contribution >= 4 is 16.7 Å². The van der Waals surface area contributed by atoms with Gasteiger partial charge in [-0.05, 0) is 37.6 Å². The maximum atomic E-state index is 12.6. The number of likely N-dealkylation sites (N-methyl/N-ethyl adjacent to an activating group) is 1. The minimum absolute atomic E-state index is 0.0869. The molecule has 1 unspecified atom stereocenters. The standard InChI is InChI=1S/C19H20N4O2/c1-13-16-6-4-5-7-17(16)19(25)23(21-13)12-18(24)22(3)14(2)15-8-10-20-11-9-15/h4-11,14H,12H2,1-3H3. The number of carbonyl (C=O) groups is 1. The van der Waals surface area contributed by atoms with Crippen molar-refractivity contribution in [1.82, 2.24) is 19.7 Å². The number of carbonyl (C=O) groups excluding carboxylic acids is 1. The molecule has 0 radical (unpaired) electrons. The highest BCUT2D eigenvalue weighted by Gasteiger charge is 2.19. The molecule has 0 saturated heterocycles. The summed E-state index contributed by atoms with van der Waals surface area (Å²) in [5.74, 6) is -0.173. The fraction of sp³-hybridized carbons (Fsp3) is 0.263. The Kier molecular flexibility index (Phi) is 4.61. The van der Waals surface area contributed by atoms with Crippen molar-refractivity contribution in [2.45, 2.75) is 26.4 Å². The Morgan fingerprint density at radius 1 is 1.16 bits per heavy atom. The highest BCUT2D eigenvalue weighted by atomic mass is 16.2. The number of fused-ring (bicyclic) bond motifs is 1. The van der Waals surface area contributed by atoms with Crippen molar-refractivity contribution in [3.05, 3.63) is 70.4 Å². The van der Waals surface area contributed by atoms with Crippen molar-refractivity contribution in [3.63, 3.8) is 0 Å². The van der Waals surface area contributed by atoms with Gasteiger partial charge in [0, 0.05) is 24.8 Å². The van der Waals surface area contributed by atoms with E-state index in [0.717, 1.165) is 16.6 Å². The normalized spacial score (nSPS) is 12.1. The largest absolute Gasteiger partial charge is 0.337 e. The quantitative estimate of drug-likeness (QED) is 0.733. The molecule has 6 heteroatoms. The van der Waals surface area contributed by atoms with Crippen LogP contribution in [0, 0.1) is 6.92 Å². The van der Waals surface area contributed by atoms with E-state index in [1.807, 2.05) is 44.2 Å². The van der Waals surface area contributed by atoms with Gasteiger partial charge in [0.25, 0.3) is 5.56 Å². The predicted molar refractivity (Wildman–Crippen MR) is 96.2 cm³/mol. The summed E-state index contributed by atoms with van der Waals surface area (Å²) in [6.45, 7) is 3.69. The average molecular weight is 336 g/mol. The molecule has 1 aromatic carbocycles. The Labute approximate surface area is 145 Å². The predicted octanol–water partition coefficient (Wildman–Crippen LogP) is 2.32. The SMILES string of the molecule is Cc1nn(CC(=O)N(C)C(C)c2ccncc2)c(=O)c2ccccc12. The summed E-state index contributed by atoms with van der Waals surface area (Å²) in [5, 5.41) is 5.69. The number of nitrogens with zero attached hydrogens (tertiary/aromatic N) is 4. The van der Waals surface area contributed by atoms with E-state index in [9.17, 15) is 9.59 Å². The molecule has 0 aliphatic rings. The number of amides is 1. The van der Waals surface area contributed by atoms with Gasteiger partial charge in [0.05, 0.1) is 17.1 Å². The lowest BCUT2D eigenvalue weighted by Gasteiger charge is -2.25. The molecule has 6 nitrogen and oxygen atoms in total. The van der Waals surface area contributed by atoms with Crippen LogP contribution in [-0.4, -0.2) is 32.6 Å². The van der Waals surface area contributed by atoms with Gasteiger partial charge in [0.2, 0.25) is 5.91 Å². The number of hydrogen-bond donors (Lipinski definition) is 0. The van der Waals surface area contributed by atoms with Crippen LogP contribution in [0.5, 0.6) is 0 Å². The summed E-state index contributed by atoms with van der Waals surface area (Å²) in [6.07, 6.45) is 3.39. The summed E-state index contributed by atoms with van der Waals surface area (Å²) >= 11 is 0. The molecule has 3 rings (SSSR count). The lowest BCUT2D eigenvalue weighted by Crippen LogP contribution is -2.36. The fourth-order valence-electron chi connectivity index (χ4n) is 2.83. The van der Waals surface area contributed by atoms with E-state index in [1.165, 1.54) is 4.68 Å². The van der Waals surface area contributed by atoms with Gasteiger partial charge in [0.1, 0.15) is 6.54 Å². The zero-order chi connectivity index (χ0) is 18.0. The van der Waals surface area contributed by atoms with Crippen molar-refractivity contribution < 1.29 is 4.79 Å². The van der Waals surface area contributed by atoms with E-state index >= 15 is 0 Å². The first-order valence-corrected chi connectivity index (χ1v) is 8.11. The van der Waals surface area contributed by atoms with Gasteiger partial charge in [-0.15, -0.1) is 0 Å². The van der Waals surface area contributed by atoms with Gasteiger partial charge < -0.3 is 4.90 Å². The molecule has 1 atom stereocenters. The first-order valence-electron chi connectivity index (χ1n) is 8.11. The molecule has 1 amide bonds. The van der Waals surface area contributed by atoms with Gasteiger partial charge in [0.15, 0.2) is 0 Å². The lowest BCUT2D eigenvalue weighted by atomic mass is 10.1. The van der Waals surface area contributed by atoms with Crippen LogP contribution in [-0.2, 0) is 11.3 Å². The Hall–Kier alpha value is -3.02. The Bertz CT molecular complexity index is 966. The highest BCUT2D eigenvalue weighted by molar-refractivity contribution is 5.83. The third kappa shape index (κ3) is 3.28. The smallest absolute Gasteiger partial charge is 0.275 e. The third-order valence-electron chi connectivity index (χ3n) is 4.50. The van der Waals surface area contributed by atoms with Crippen LogP contribution in [0.3, 0.4) is 0 Å². The fourth-order valence-corrected chi connectivity index (χ4v) is 2.83. The van der Waals surface area contributed by atoms with E-state index in [1.54, 1.807) is 30.4 Å². The lowest BCUT2D eigenvalue weighted by molar-refractivity contribution is -0.132.